The predicted molar refractivity (Wildman–Crippen MR) is 521 cm³/mol. The maximum absolute atomic E-state index is 12.7. The normalized spacial score (nSPS) is 11.4. The van der Waals surface area contributed by atoms with Crippen LogP contribution in [-0.4, -0.2) is 91.0 Å². The van der Waals surface area contributed by atoms with E-state index in [0.717, 1.165) is 142 Å². The number of aromatic amines is 4. The number of aromatic nitrogens is 12. The number of carbonyl (C=O) groups is 4. The first kappa shape index (κ1) is 93.8. The van der Waals surface area contributed by atoms with Crippen molar-refractivity contribution >= 4 is 81.2 Å². The molecule has 0 unspecified atom stereocenters. The molecule has 8 aromatic heterocycles. The molecule has 25 nitrogen and oxygen atoms in total. The van der Waals surface area contributed by atoms with Gasteiger partial charge in [-0.2, -0.15) is 13.2 Å². The minimum absolute atomic E-state index is 0.135. The fourth-order valence-corrected chi connectivity index (χ4v) is 13.5. The Balaban J connectivity index is 0.000000150. The number of H-pyrrole nitrogens is 4. The summed E-state index contributed by atoms with van der Waals surface area (Å²) in [7, 11) is 1.60. The molecule has 672 valence electrons. The largest absolute Gasteiger partial charge is 0.497 e. The monoisotopic (exact) mass is 1790 g/mol. The van der Waals surface area contributed by atoms with E-state index in [4.69, 9.17) is 36.3 Å². The van der Waals surface area contributed by atoms with Gasteiger partial charge in [0.25, 0.3) is 0 Å². The third kappa shape index (κ3) is 25.3. The number of urea groups is 4. The van der Waals surface area contributed by atoms with Gasteiger partial charge >= 0.3 is 30.3 Å². The lowest BCUT2D eigenvalue weighted by Crippen LogP contribution is -2.19. The number of nitrogens with one attached hydrogen (secondary N) is 12. The lowest BCUT2D eigenvalue weighted by molar-refractivity contribution is -0.137. The molecule has 0 saturated heterocycles. The van der Waals surface area contributed by atoms with Crippen molar-refractivity contribution in [3.8, 4) is 95.8 Å². The van der Waals surface area contributed by atoms with Gasteiger partial charge in [-0.3, -0.25) is 19.9 Å². The second-order valence-electron chi connectivity index (χ2n) is 35.0. The molecule has 0 fully saturated rings. The summed E-state index contributed by atoms with van der Waals surface area (Å²) in [5, 5.41) is 23.1. The SMILES string of the molecule is CC(C)(C)c1nc(-c2cccc(NC(=O)Nc3ccc(C(F)(F)F)cc3)c2)c(-c2ccncc2)[nH]1.CC(C)(C)c1nc(-c2cccc(NC(=O)Nc3ccc(Cl)cc3)c2)c(-c2ccncc2)[nH]1.COc1ccc(NC(=O)Nc2cccc(-c3nc(C(C)(C)C)[nH]c3-c3ccncc3)c2)cc1.Cc1ccc(NC(=O)Nc2cccc(-c3nc(C(C)(C)C)[nH]c3-c3ccncc3)c2)cc1. The number of methoxy groups -OCH3 is 1. The van der Waals surface area contributed by atoms with E-state index in [0.29, 0.717) is 39.1 Å². The average molecular weight is 1790 g/mol. The highest BCUT2D eigenvalue weighted by Crippen LogP contribution is 2.41. The Morgan fingerprint density at radius 1 is 0.295 bits per heavy atom. The Morgan fingerprint density at radius 2 is 0.523 bits per heavy atom. The van der Waals surface area contributed by atoms with Crippen LogP contribution in [0.15, 0.2) is 292 Å². The van der Waals surface area contributed by atoms with Gasteiger partial charge in [-0.1, -0.05) is 161 Å². The highest BCUT2D eigenvalue weighted by molar-refractivity contribution is 6.30. The molecule has 8 aromatic carbocycles. The molecule has 0 bridgehead atoms. The van der Waals surface area contributed by atoms with E-state index < -0.39 is 17.8 Å². The molecule has 16 rings (SSSR count). The van der Waals surface area contributed by atoms with Crippen LogP contribution in [0.5, 0.6) is 5.75 Å². The van der Waals surface area contributed by atoms with Crippen LogP contribution in [0.2, 0.25) is 5.02 Å². The van der Waals surface area contributed by atoms with Gasteiger partial charge in [0.1, 0.15) is 29.0 Å². The van der Waals surface area contributed by atoms with E-state index in [9.17, 15) is 32.3 Å². The minimum atomic E-state index is -4.44. The summed E-state index contributed by atoms with van der Waals surface area (Å²) in [6.07, 6.45) is 9.56. The smallest absolute Gasteiger partial charge is 0.416 e. The fourth-order valence-electron chi connectivity index (χ4n) is 13.4. The Bertz CT molecular complexity index is 6430. The van der Waals surface area contributed by atoms with Gasteiger partial charge in [-0.05, 0) is 189 Å². The van der Waals surface area contributed by atoms with Crippen molar-refractivity contribution in [3.63, 3.8) is 0 Å². The van der Waals surface area contributed by atoms with E-state index in [1.807, 2.05) is 159 Å². The van der Waals surface area contributed by atoms with Crippen molar-refractivity contribution in [2.75, 3.05) is 49.6 Å². The van der Waals surface area contributed by atoms with Gasteiger partial charge in [0.05, 0.1) is 58.2 Å². The van der Waals surface area contributed by atoms with Gasteiger partial charge in [-0.25, -0.2) is 39.1 Å². The molecule has 8 amide bonds. The maximum atomic E-state index is 12.7. The Morgan fingerprint density at radius 3 is 0.758 bits per heavy atom. The van der Waals surface area contributed by atoms with E-state index in [-0.39, 0.29) is 45.4 Å². The van der Waals surface area contributed by atoms with Gasteiger partial charge in [0.2, 0.25) is 0 Å². The molecule has 132 heavy (non-hydrogen) atoms. The van der Waals surface area contributed by atoms with Crippen molar-refractivity contribution in [1.29, 1.82) is 0 Å². The standard InChI is InChI=1S/C26H24F3N5O.C26H27N5O2.C26H27N5O.C25H24ClN5O/c1-25(2,3)23-33-21(16-11-13-30-14-12-16)22(34-23)17-5-4-6-20(15-17)32-24(35)31-19-9-7-18(8-10-19)26(27,28)29;1-26(2,3)24-30-22(17-12-14-27-15-13-17)23(31-24)18-6-5-7-20(16-18)29-25(32)28-19-8-10-21(33-4)11-9-19;1-17-8-10-20(11-9-17)28-25(32)29-21-7-5-6-19(16-21)23-22(18-12-14-27-15-13-18)30-24(31-23)26(2,3)4;1-25(2,3)23-30-21(16-11-13-27-14-12-16)22(31-23)17-5-4-6-20(15-17)29-24(32)28-19-9-7-18(26)8-10-19/h4-15H,1-3H3,(H,33,34)(H2,31,32,35);5-16H,1-4H3,(H,30,31)(H2,28,29,32);5-16H,1-4H3,(H,30,31)(H2,28,29,32);4-15H,1-3H3,(H,30,31)(H2,28,29,32). The number of anilines is 8. The molecule has 12 N–H and O–H groups in total. The molecule has 0 aliphatic rings. The minimum Gasteiger partial charge on any atom is -0.497 e. The molecule has 0 radical (unpaired) electrons. The average Bonchev–Trinajstić information content (AvgIpc) is 1.65. The zero-order valence-electron chi connectivity index (χ0n) is 75.3. The number of hydrogen-bond donors (Lipinski definition) is 12. The lowest BCUT2D eigenvalue weighted by Gasteiger charge is -2.14. The van der Waals surface area contributed by atoms with Crippen LogP contribution < -0.4 is 47.3 Å². The number of halogens is 4. The van der Waals surface area contributed by atoms with Crippen LogP contribution in [0.25, 0.3) is 90.1 Å². The van der Waals surface area contributed by atoms with Gasteiger partial charge in [0, 0.05) is 166 Å². The van der Waals surface area contributed by atoms with Crippen LogP contribution >= 0.6 is 11.6 Å². The van der Waals surface area contributed by atoms with E-state index in [2.05, 4.69) is 165 Å². The Labute approximate surface area is 768 Å². The number of benzene rings is 8. The molecule has 8 heterocycles. The van der Waals surface area contributed by atoms with Crippen LogP contribution in [0.1, 0.15) is 118 Å². The quantitative estimate of drug-likeness (QED) is 0.0404. The van der Waals surface area contributed by atoms with Crippen LogP contribution in [0, 0.1) is 6.92 Å². The number of rotatable bonds is 17. The fraction of sp³-hybridized carbons (Fsp3) is 0.184. The highest BCUT2D eigenvalue weighted by atomic mass is 35.5. The number of hydrogen-bond acceptors (Lipinski definition) is 13. The third-order valence-corrected chi connectivity index (χ3v) is 20.6. The molecule has 16 aromatic rings. The molecular weight excluding hydrogens is 1690 g/mol. The predicted octanol–water partition coefficient (Wildman–Crippen LogP) is 26.3. The first-order chi connectivity index (χ1) is 62.9. The summed E-state index contributed by atoms with van der Waals surface area (Å²) in [6, 6.07) is 70.2. The molecule has 0 saturated carbocycles. The maximum Gasteiger partial charge on any atom is 0.416 e. The Kier molecular flexibility index (Phi) is 29.2. The van der Waals surface area contributed by atoms with Crippen molar-refractivity contribution in [3.05, 3.63) is 332 Å². The van der Waals surface area contributed by atoms with Crippen molar-refractivity contribution < 1.29 is 37.1 Å². The zero-order chi connectivity index (χ0) is 94.1. The number of ether oxygens (including phenoxy) is 1. The number of alkyl halides is 3. The van der Waals surface area contributed by atoms with E-state index >= 15 is 0 Å². The first-order valence-corrected chi connectivity index (χ1v) is 42.7. The molecule has 0 atom stereocenters. The second kappa shape index (κ2) is 41.1. The van der Waals surface area contributed by atoms with Gasteiger partial charge in [0.15, 0.2) is 0 Å². The zero-order valence-corrected chi connectivity index (χ0v) is 76.1. The Hall–Kier alpha value is -15.8. The number of nitrogens with zero attached hydrogens (tertiary/aromatic N) is 8. The van der Waals surface area contributed by atoms with Crippen molar-refractivity contribution in [2.24, 2.45) is 0 Å². The van der Waals surface area contributed by atoms with Crippen LogP contribution in [0.3, 0.4) is 0 Å². The molecule has 0 aliphatic carbocycles. The highest BCUT2D eigenvalue weighted by Gasteiger charge is 2.31. The molecular formula is C103H102ClF3N20O5. The van der Waals surface area contributed by atoms with Gasteiger partial charge < -0.3 is 67.2 Å². The molecule has 0 spiro atoms. The van der Waals surface area contributed by atoms with Crippen molar-refractivity contribution in [2.45, 2.75) is 118 Å². The van der Waals surface area contributed by atoms with Crippen LogP contribution in [-0.2, 0) is 27.8 Å². The molecule has 0 aliphatic heterocycles. The number of carbonyl (C=O) groups excluding carboxylic acids is 4. The number of imidazole rings is 4. The summed E-state index contributed by atoms with van der Waals surface area (Å²) in [5.74, 6) is 4.22. The topological polar surface area (TPSA) is 340 Å². The van der Waals surface area contributed by atoms with E-state index in [1.165, 1.54) is 12.1 Å². The summed E-state index contributed by atoms with van der Waals surface area (Å²) in [6.45, 7) is 27.3. The summed E-state index contributed by atoms with van der Waals surface area (Å²) in [4.78, 5) is 99.9. The number of amides is 8. The first-order valence-electron chi connectivity index (χ1n) is 42.3. The van der Waals surface area contributed by atoms with Crippen molar-refractivity contribution in [1.82, 2.24) is 59.8 Å². The van der Waals surface area contributed by atoms with Gasteiger partial charge in [-0.15, -0.1) is 0 Å². The summed E-state index contributed by atoms with van der Waals surface area (Å²) >= 11 is 5.90. The summed E-state index contributed by atoms with van der Waals surface area (Å²) < 4.78 is 43.4. The van der Waals surface area contributed by atoms with Crippen LogP contribution in [0.4, 0.5) is 77.8 Å². The lowest BCUT2D eigenvalue weighted by atomic mass is 9.96. The second-order valence-corrected chi connectivity index (χ2v) is 35.4. The number of pyridine rings is 4. The summed E-state index contributed by atoms with van der Waals surface area (Å²) in [5.41, 5.74) is 18.8. The molecule has 29 heteroatoms. The van der Waals surface area contributed by atoms with E-state index in [1.54, 1.807) is 123 Å². The third-order valence-electron chi connectivity index (χ3n) is 20.3. The number of aryl methyl sites for hydroxylation is 1.